The van der Waals surface area contributed by atoms with Gasteiger partial charge in [0.1, 0.15) is 0 Å². The molecule has 1 aromatic rings. The van der Waals surface area contributed by atoms with Gasteiger partial charge in [0, 0.05) is 50.1 Å². The van der Waals surface area contributed by atoms with E-state index in [2.05, 4.69) is 0 Å². The van der Waals surface area contributed by atoms with Gasteiger partial charge in [-0.2, -0.15) is 0 Å². The van der Waals surface area contributed by atoms with Crippen LogP contribution in [0.5, 0.6) is 0 Å². The highest BCUT2D eigenvalue weighted by molar-refractivity contribution is 5.50. The minimum Gasteiger partial charge on any atom is -0.357 e. The van der Waals surface area contributed by atoms with Gasteiger partial charge >= 0.3 is 0 Å². The number of amides is 1. The first-order valence-corrected chi connectivity index (χ1v) is 4.56. The summed E-state index contributed by atoms with van der Waals surface area (Å²) >= 11 is 0. The molecule has 0 saturated carbocycles. The maximum absolute atomic E-state index is 11.5. The molecule has 2 rings (SSSR count). The Kier molecular flexibility index (Phi) is 2.11. The molecule has 2 heterocycles. The molecule has 0 N–H and O–H groups in total. The largest absolute Gasteiger partial charge is 0.357 e. The summed E-state index contributed by atoms with van der Waals surface area (Å²) in [6, 6.07) is 1.57. The fourth-order valence-corrected chi connectivity index (χ4v) is 1.71. The van der Waals surface area contributed by atoms with Gasteiger partial charge in [0.05, 0.1) is 0 Å². The molecule has 1 amide bonds. The van der Waals surface area contributed by atoms with E-state index in [1.807, 2.05) is 17.8 Å². The Morgan fingerprint density at radius 2 is 2.21 bits per heavy atom. The Morgan fingerprint density at radius 3 is 2.86 bits per heavy atom. The highest BCUT2D eigenvalue weighted by atomic mass is 16.1. The third-order valence-electron chi connectivity index (χ3n) is 2.59. The highest BCUT2D eigenvalue weighted by Crippen LogP contribution is 2.22. The molecule has 4 heteroatoms. The van der Waals surface area contributed by atoms with Crippen LogP contribution in [0.2, 0.25) is 0 Å². The monoisotopic (exact) mass is 192 g/mol. The zero-order valence-electron chi connectivity index (χ0n) is 8.01. The fraction of sp³-hybridized carbons (Fsp3) is 0.400. The van der Waals surface area contributed by atoms with Crippen LogP contribution < -0.4 is 5.43 Å². The van der Waals surface area contributed by atoms with Gasteiger partial charge in [-0.3, -0.25) is 9.59 Å². The van der Waals surface area contributed by atoms with E-state index >= 15 is 0 Å². The number of likely N-dealkylation sites (tertiary alicyclic amines) is 1. The van der Waals surface area contributed by atoms with Crippen LogP contribution >= 0.6 is 0 Å². The Labute approximate surface area is 81.8 Å². The van der Waals surface area contributed by atoms with E-state index in [1.165, 1.54) is 0 Å². The molecule has 14 heavy (non-hydrogen) atoms. The molecule has 0 spiro atoms. The summed E-state index contributed by atoms with van der Waals surface area (Å²) in [5.74, 6) is 0.222. The lowest BCUT2D eigenvalue weighted by Crippen LogP contribution is -2.45. The molecule has 1 fully saturated rings. The van der Waals surface area contributed by atoms with Crippen molar-refractivity contribution in [3.05, 3.63) is 34.2 Å². The van der Waals surface area contributed by atoms with E-state index in [9.17, 15) is 9.59 Å². The van der Waals surface area contributed by atoms with E-state index in [4.69, 9.17) is 0 Å². The molecule has 1 aromatic heterocycles. The second kappa shape index (κ2) is 3.29. The molecule has 74 valence electrons. The van der Waals surface area contributed by atoms with Crippen LogP contribution in [0.15, 0.2) is 23.3 Å². The summed E-state index contributed by atoms with van der Waals surface area (Å²) < 4.78 is 1.86. The predicted molar refractivity (Wildman–Crippen MR) is 52.1 cm³/mol. The summed E-state index contributed by atoms with van der Waals surface area (Å²) in [4.78, 5) is 23.5. The molecule has 4 nitrogen and oxygen atoms in total. The maximum Gasteiger partial charge on any atom is 0.209 e. The topological polar surface area (TPSA) is 42.3 Å². The van der Waals surface area contributed by atoms with E-state index < -0.39 is 0 Å². The number of rotatable bonds is 2. The molecule has 0 aliphatic carbocycles. The van der Waals surface area contributed by atoms with Crippen LogP contribution in [0, 0.1) is 0 Å². The molecule has 0 bridgehead atoms. The predicted octanol–water partition coefficient (Wildman–Crippen LogP) is -0.0591. The van der Waals surface area contributed by atoms with Crippen molar-refractivity contribution in [3.8, 4) is 0 Å². The van der Waals surface area contributed by atoms with Crippen LogP contribution in [-0.2, 0) is 11.8 Å². The van der Waals surface area contributed by atoms with E-state index in [1.54, 1.807) is 17.2 Å². The van der Waals surface area contributed by atoms with Gasteiger partial charge in [0.25, 0.3) is 0 Å². The lowest BCUT2D eigenvalue weighted by atomic mass is 9.93. The summed E-state index contributed by atoms with van der Waals surface area (Å²) in [7, 11) is 1.89. The lowest BCUT2D eigenvalue weighted by Gasteiger charge is -2.36. The van der Waals surface area contributed by atoms with Crippen molar-refractivity contribution in [2.45, 2.75) is 5.92 Å². The SMILES string of the molecule is Cn1ccc(=O)c(C2CN(C=O)C2)c1. The average Bonchev–Trinajstić information content (AvgIpc) is 2.09. The van der Waals surface area contributed by atoms with Crippen molar-refractivity contribution >= 4 is 6.41 Å². The number of aromatic nitrogens is 1. The number of nitrogens with zero attached hydrogens (tertiary/aromatic N) is 2. The summed E-state index contributed by atoms with van der Waals surface area (Å²) in [5, 5.41) is 0. The molecule has 1 aliphatic rings. The normalized spacial score (nSPS) is 16.5. The number of carbonyl (C=O) groups excluding carboxylic acids is 1. The number of pyridine rings is 1. The van der Waals surface area contributed by atoms with Gasteiger partial charge in [-0.25, -0.2) is 0 Å². The minimum atomic E-state index is 0.0682. The second-order valence-corrected chi connectivity index (χ2v) is 3.69. The van der Waals surface area contributed by atoms with Crippen LogP contribution in [0.3, 0.4) is 0 Å². The van der Waals surface area contributed by atoms with Crippen molar-refractivity contribution in [3.63, 3.8) is 0 Å². The van der Waals surface area contributed by atoms with Crippen LogP contribution in [-0.4, -0.2) is 29.0 Å². The summed E-state index contributed by atoms with van der Waals surface area (Å²) in [5.41, 5.74) is 0.881. The van der Waals surface area contributed by atoms with Gasteiger partial charge in [-0.15, -0.1) is 0 Å². The first kappa shape index (κ1) is 8.99. The third kappa shape index (κ3) is 1.43. The number of hydrogen-bond donors (Lipinski definition) is 0. The van der Waals surface area contributed by atoms with Crippen molar-refractivity contribution in [2.24, 2.45) is 7.05 Å². The number of carbonyl (C=O) groups is 1. The third-order valence-corrected chi connectivity index (χ3v) is 2.59. The molecule has 0 radical (unpaired) electrons. The average molecular weight is 192 g/mol. The van der Waals surface area contributed by atoms with E-state index in [0.717, 1.165) is 12.0 Å². The van der Waals surface area contributed by atoms with Gasteiger partial charge < -0.3 is 9.47 Å². The molecule has 0 unspecified atom stereocenters. The zero-order valence-corrected chi connectivity index (χ0v) is 8.01. The quantitative estimate of drug-likeness (QED) is 0.616. The van der Waals surface area contributed by atoms with Gasteiger partial charge in [-0.05, 0) is 0 Å². The van der Waals surface area contributed by atoms with E-state index in [0.29, 0.717) is 13.1 Å². The minimum absolute atomic E-state index is 0.0682. The first-order chi connectivity index (χ1) is 6.70. The summed E-state index contributed by atoms with van der Waals surface area (Å²) in [6.45, 7) is 1.34. The van der Waals surface area contributed by atoms with Crippen molar-refractivity contribution in [2.75, 3.05) is 13.1 Å². The van der Waals surface area contributed by atoms with Crippen molar-refractivity contribution in [1.82, 2.24) is 9.47 Å². The van der Waals surface area contributed by atoms with Crippen LogP contribution in [0.1, 0.15) is 11.5 Å². The second-order valence-electron chi connectivity index (χ2n) is 3.69. The van der Waals surface area contributed by atoms with E-state index in [-0.39, 0.29) is 11.3 Å². The molecular formula is C10H12N2O2. The Morgan fingerprint density at radius 1 is 1.50 bits per heavy atom. The Balaban J connectivity index is 2.21. The molecule has 0 atom stereocenters. The summed E-state index contributed by atoms with van der Waals surface area (Å²) in [6.07, 6.45) is 4.40. The molecule has 1 aliphatic heterocycles. The fourth-order valence-electron chi connectivity index (χ4n) is 1.71. The smallest absolute Gasteiger partial charge is 0.209 e. The lowest BCUT2D eigenvalue weighted by molar-refractivity contribution is -0.122. The van der Waals surface area contributed by atoms with Crippen molar-refractivity contribution in [1.29, 1.82) is 0 Å². The standard InChI is InChI=1S/C10H12N2O2/c1-11-3-2-10(14)9(6-11)8-4-12(5-8)7-13/h2-3,6-8H,4-5H2,1H3. The van der Waals surface area contributed by atoms with Gasteiger partial charge in [-0.1, -0.05) is 0 Å². The molecule has 0 aromatic carbocycles. The highest BCUT2D eigenvalue weighted by Gasteiger charge is 2.28. The maximum atomic E-state index is 11.5. The van der Waals surface area contributed by atoms with Gasteiger partial charge in [0.15, 0.2) is 5.43 Å². The van der Waals surface area contributed by atoms with Gasteiger partial charge in [0.2, 0.25) is 6.41 Å². The van der Waals surface area contributed by atoms with Crippen LogP contribution in [0.25, 0.3) is 0 Å². The van der Waals surface area contributed by atoms with Crippen molar-refractivity contribution < 1.29 is 4.79 Å². The number of aryl methyl sites for hydroxylation is 1. The molecule has 1 saturated heterocycles. The van der Waals surface area contributed by atoms with Crippen LogP contribution in [0.4, 0.5) is 0 Å². The Bertz CT molecular complexity index is 405. The Hall–Kier alpha value is -1.58. The number of hydrogen-bond acceptors (Lipinski definition) is 2. The zero-order chi connectivity index (χ0) is 10.1. The molecular weight excluding hydrogens is 180 g/mol. The first-order valence-electron chi connectivity index (χ1n) is 4.56.